The largest absolute Gasteiger partial charge is 0.477 e. The Morgan fingerprint density at radius 1 is 1.50 bits per heavy atom. The van der Waals surface area contributed by atoms with Crippen LogP contribution in [0.2, 0.25) is 0 Å². The van der Waals surface area contributed by atoms with Gasteiger partial charge in [-0.25, -0.2) is 15.6 Å². The van der Waals surface area contributed by atoms with Gasteiger partial charge < -0.3 is 16.6 Å². The number of nitrogens with one attached hydrogen (secondary N) is 1. The third kappa shape index (κ3) is 2.80. The molecule has 0 saturated carbocycles. The van der Waals surface area contributed by atoms with E-state index < -0.39 is 18.2 Å². The zero-order chi connectivity index (χ0) is 17.6. The number of thioether (sulfide) groups is 2. The number of amidine groups is 2. The van der Waals surface area contributed by atoms with Crippen LogP contribution in [0.25, 0.3) is 0 Å². The van der Waals surface area contributed by atoms with E-state index >= 15 is 0 Å². The van der Waals surface area contributed by atoms with Gasteiger partial charge in [-0.15, -0.1) is 11.8 Å². The van der Waals surface area contributed by atoms with E-state index in [-0.39, 0.29) is 35.0 Å². The number of carboxylic acids is 1. The molecule has 3 aliphatic heterocycles. The summed E-state index contributed by atoms with van der Waals surface area (Å²) in [4.78, 5) is 28.8. The normalized spacial score (nSPS) is 30.1. The van der Waals surface area contributed by atoms with Crippen LogP contribution < -0.4 is 17.3 Å². The molecule has 1 saturated heterocycles. The molecule has 130 valence electrons. The second kappa shape index (κ2) is 6.37. The molecule has 1 fully saturated rings. The van der Waals surface area contributed by atoms with Crippen molar-refractivity contribution in [3.05, 3.63) is 11.3 Å². The maximum absolute atomic E-state index is 11.9. The fourth-order valence-electron chi connectivity index (χ4n) is 2.61. The summed E-state index contributed by atoms with van der Waals surface area (Å²) in [6.45, 7) is 0. The Labute approximate surface area is 146 Å². The minimum atomic E-state index is -1.16. The van der Waals surface area contributed by atoms with Crippen molar-refractivity contribution in [1.82, 2.24) is 9.91 Å². The molecule has 0 aromatic heterocycles. The van der Waals surface area contributed by atoms with Crippen LogP contribution in [0.3, 0.4) is 0 Å². The SMILES string of the molecule is N=C1CC(N)N(N)C(SCC2=C(C(=O)O)N3C(=O)C(N)[C@@H]3SC2)=N1. The van der Waals surface area contributed by atoms with E-state index in [2.05, 4.69) is 4.99 Å². The van der Waals surface area contributed by atoms with Crippen LogP contribution in [0.15, 0.2) is 16.3 Å². The van der Waals surface area contributed by atoms with Gasteiger partial charge in [0.05, 0.1) is 0 Å². The predicted molar refractivity (Wildman–Crippen MR) is 92.0 cm³/mol. The summed E-state index contributed by atoms with van der Waals surface area (Å²) in [6.07, 6.45) is -0.285. The molecule has 0 bridgehead atoms. The maximum Gasteiger partial charge on any atom is 0.352 e. The van der Waals surface area contributed by atoms with E-state index in [9.17, 15) is 14.7 Å². The van der Waals surface area contributed by atoms with Gasteiger partial charge in [0, 0.05) is 17.9 Å². The fourth-order valence-corrected chi connectivity index (χ4v) is 5.03. The average molecular weight is 371 g/mol. The van der Waals surface area contributed by atoms with E-state index in [1.54, 1.807) is 0 Å². The Morgan fingerprint density at radius 2 is 2.21 bits per heavy atom. The van der Waals surface area contributed by atoms with E-state index in [4.69, 9.17) is 22.7 Å². The molecule has 2 unspecified atom stereocenters. The van der Waals surface area contributed by atoms with Crippen LogP contribution >= 0.6 is 23.5 Å². The topological polar surface area (TPSA) is 175 Å². The highest BCUT2D eigenvalue weighted by molar-refractivity contribution is 8.14. The molecule has 10 nitrogen and oxygen atoms in total. The first-order chi connectivity index (χ1) is 11.3. The molecule has 0 spiro atoms. The third-order valence-corrected chi connectivity index (χ3v) is 6.29. The third-order valence-electron chi connectivity index (χ3n) is 3.88. The van der Waals surface area contributed by atoms with Crippen molar-refractivity contribution in [2.24, 2.45) is 22.3 Å². The number of β-lactam (4-membered cyclic amide) rings is 1. The smallest absolute Gasteiger partial charge is 0.352 e. The van der Waals surface area contributed by atoms with Crippen LogP contribution in [0.4, 0.5) is 0 Å². The molecule has 0 radical (unpaired) electrons. The number of aliphatic carboxylic acids is 1. The summed E-state index contributed by atoms with van der Waals surface area (Å²) in [5.74, 6) is 5.16. The zero-order valence-electron chi connectivity index (χ0n) is 12.5. The number of aliphatic imine (C=N–C) groups is 1. The van der Waals surface area contributed by atoms with Gasteiger partial charge in [0.2, 0.25) is 5.91 Å². The number of hydrazine groups is 1. The quantitative estimate of drug-likeness (QED) is 0.292. The van der Waals surface area contributed by atoms with Crippen LogP contribution in [0.5, 0.6) is 0 Å². The first-order valence-electron chi connectivity index (χ1n) is 7.05. The van der Waals surface area contributed by atoms with Gasteiger partial charge in [-0.3, -0.25) is 20.1 Å². The number of hydrogen-bond donors (Lipinski definition) is 5. The average Bonchev–Trinajstić information content (AvgIpc) is 2.54. The number of amides is 1. The van der Waals surface area contributed by atoms with Gasteiger partial charge >= 0.3 is 5.97 Å². The monoisotopic (exact) mass is 371 g/mol. The van der Waals surface area contributed by atoms with E-state index in [1.807, 2.05) is 0 Å². The lowest BCUT2D eigenvalue weighted by Gasteiger charge is -2.48. The summed E-state index contributed by atoms with van der Waals surface area (Å²) in [6, 6.07) is -0.653. The fraction of sp³-hybridized carbons (Fsp3) is 0.500. The minimum Gasteiger partial charge on any atom is -0.477 e. The molecule has 3 aliphatic rings. The maximum atomic E-state index is 11.9. The lowest BCUT2D eigenvalue weighted by atomic mass is 10.0. The molecule has 24 heavy (non-hydrogen) atoms. The number of carbonyl (C=O) groups is 2. The molecule has 8 N–H and O–H groups in total. The molecule has 12 heteroatoms. The highest BCUT2D eigenvalue weighted by Gasteiger charge is 2.51. The first-order valence-corrected chi connectivity index (χ1v) is 9.08. The molecule has 0 aromatic rings. The Kier molecular flexibility index (Phi) is 4.57. The van der Waals surface area contributed by atoms with Crippen molar-refractivity contribution in [3.63, 3.8) is 0 Å². The van der Waals surface area contributed by atoms with Gasteiger partial charge in [0.1, 0.15) is 29.1 Å². The first kappa shape index (κ1) is 17.2. The Morgan fingerprint density at radius 3 is 2.88 bits per heavy atom. The zero-order valence-corrected chi connectivity index (χ0v) is 14.1. The van der Waals surface area contributed by atoms with Crippen LogP contribution in [0, 0.1) is 5.41 Å². The van der Waals surface area contributed by atoms with Crippen molar-refractivity contribution >= 4 is 46.4 Å². The predicted octanol–water partition coefficient (Wildman–Crippen LogP) is -1.50. The van der Waals surface area contributed by atoms with Crippen molar-refractivity contribution in [2.75, 3.05) is 11.5 Å². The second-order valence-corrected chi connectivity index (χ2v) is 7.55. The van der Waals surface area contributed by atoms with Crippen molar-refractivity contribution in [1.29, 1.82) is 5.41 Å². The van der Waals surface area contributed by atoms with Crippen molar-refractivity contribution < 1.29 is 14.7 Å². The number of nitrogens with two attached hydrogens (primary N) is 3. The van der Waals surface area contributed by atoms with Gasteiger partial charge in [-0.2, -0.15) is 0 Å². The van der Waals surface area contributed by atoms with Gasteiger partial charge in [0.25, 0.3) is 0 Å². The van der Waals surface area contributed by atoms with Crippen LogP contribution in [-0.4, -0.2) is 67.0 Å². The molecule has 0 aromatic carbocycles. The van der Waals surface area contributed by atoms with Gasteiger partial charge in [-0.05, 0) is 5.57 Å². The molecular weight excluding hydrogens is 354 g/mol. The summed E-state index contributed by atoms with van der Waals surface area (Å²) in [7, 11) is 0. The lowest BCUT2D eigenvalue weighted by Crippen LogP contribution is -2.68. The second-order valence-electron chi connectivity index (χ2n) is 5.50. The minimum absolute atomic E-state index is 0.0164. The number of carboxylic acid groups (broad SMARTS) is 1. The molecule has 3 heterocycles. The number of hydrogen-bond acceptors (Lipinski definition) is 9. The Bertz CT molecular complexity index is 680. The number of carbonyl (C=O) groups excluding carboxylic acids is 1. The van der Waals surface area contributed by atoms with E-state index in [0.29, 0.717) is 16.5 Å². The van der Waals surface area contributed by atoms with E-state index in [1.165, 1.54) is 33.4 Å². The molecule has 3 rings (SSSR count). The number of nitrogens with zero attached hydrogens (tertiary/aromatic N) is 3. The Hall–Kier alpha value is -1.60. The molecular formula is C12H17N7O3S2. The molecule has 1 amide bonds. The molecule has 3 atom stereocenters. The summed E-state index contributed by atoms with van der Waals surface area (Å²) >= 11 is 2.63. The number of fused-ring (bicyclic) bond motifs is 1. The number of rotatable bonds is 3. The van der Waals surface area contributed by atoms with E-state index in [0.717, 1.165) is 0 Å². The highest BCUT2D eigenvalue weighted by atomic mass is 32.2. The standard InChI is InChI=1S/C12H17N7O3S2/c13-5-1-6(14)19(16)12(17-5)24-3-4-2-23-10-7(15)9(20)18(10)8(4)11(21)22/h6-7,10,13H,1-3,14-16H2,(H,21,22)/t6?,7?,10-/m0/s1. The highest BCUT2D eigenvalue weighted by Crippen LogP contribution is 2.40. The Balaban J connectivity index is 1.79. The summed E-state index contributed by atoms with van der Waals surface area (Å²) in [5, 5.41) is 18.4. The molecule has 0 aliphatic carbocycles. The lowest BCUT2D eigenvalue weighted by molar-refractivity contribution is -0.147. The van der Waals surface area contributed by atoms with Gasteiger partial charge in [0.15, 0.2) is 5.17 Å². The van der Waals surface area contributed by atoms with Crippen molar-refractivity contribution in [2.45, 2.75) is 24.0 Å². The van der Waals surface area contributed by atoms with Gasteiger partial charge in [-0.1, -0.05) is 11.8 Å². The summed E-state index contributed by atoms with van der Waals surface area (Å²) in [5.41, 5.74) is 12.1. The summed E-state index contributed by atoms with van der Waals surface area (Å²) < 4.78 is 0. The van der Waals surface area contributed by atoms with Crippen LogP contribution in [-0.2, 0) is 9.59 Å². The van der Waals surface area contributed by atoms with Crippen LogP contribution in [0.1, 0.15) is 6.42 Å². The van der Waals surface area contributed by atoms with Crippen molar-refractivity contribution in [3.8, 4) is 0 Å².